The summed E-state index contributed by atoms with van der Waals surface area (Å²) in [6.45, 7) is 1.40. The molecule has 0 heterocycles. The van der Waals surface area contributed by atoms with Crippen LogP contribution in [-0.4, -0.2) is 43.8 Å². The van der Waals surface area contributed by atoms with Crippen molar-refractivity contribution in [3.05, 3.63) is 131 Å². The van der Waals surface area contributed by atoms with Crippen LogP contribution in [0.5, 0.6) is 0 Å². The smallest absolute Gasteiger partial charge is 0.264 e. The Bertz CT molecular complexity index is 1710. The quantitative estimate of drug-likeness (QED) is 0.179. The van der Waals surface area contributed by atoms with Crippen molar-refractivity contribution in [1.29, 1.82) is 0 Å². The normalized spacial score (nSPS) is 14.3. The summed E-state index contributed by atoms with van der Waals surface area (Å²) in [5.74, 6) is -0.775. The number of rotatable bonds is 12. The van der Waals surface area contributed by atoms with Gasteiger partial charge >= 0.3 is 0 Å². The van der Waals surface area contributed by atoms with E-state index >= 15 is 0 Å². The van der Waals surface area contributed by atoms with Crippen LogP contribution < -0.4 is 9.62 Å². The second kappa shape index (κ2) is 15.4. The standard InChI is InChI=1S/C37H40ClN3O4S/c1-28-21-23-33(24-22-28)46(44,45)41(32-18-9-4-10-19-32)27-36(42)40(26-30-15-11-12-20-34(30)38)35(25-29-13-5-2-6-14-29)37(43)39-31-16-7-3-8-17-31/h2,4-6,9-15,18-24,31,35H,3,7-8,16-17,25-27H2,1H3,(H,39,43). The number of anilines is 1. The molecule has 0 aromatic heterocycles. The lowest BCUT2D eigenvalue weighted by Gasteiger charge is -2.35. The van der Waals surface area contributed by atoms with Gasteiger partial charge in [0.1, 0.15) is 12.6 Å². The highest BCUT2D eigenvalue weighted by Crippen LogP contribution is 2.26. The third-order valence-electron chi connectivity index (χ3n) is 8.45. The summed E-state index contributed by atoms with van der Waals surface area (Å²) in [6.07, 6.45) is 5.25. The first-order valence-corrected chi connectivity index (χ1v) is 17.6. The molecule has 0 bridgehead atoms. The number of nitrogens with one attached hydrogen (secondary N) is 1. The first-order valence-electron chi connectivity index (χ1n) is 15.7. The van der Waals surface area contributed by atoms with E-state index in [2.05, 4.69) is 5.32 Å². The predicted octanol–water partition coefficient (Wildman–Crippen LogP) is 6.93. The Labute approximate surface area is 277 Å². The number of sulfonamides is 1. The van der Waals surface area contributed by atoms with Crippen LogP contribution in [0.1, 0.15) is 48.8 Å². The van der Waals surface area contributed by atoms with E-state index in [0.717, 1.165) is 47.5 Å². The molecule has 1 saturated carbocycles. The van der Waals surface area contributed by atoms with E-state index in [9.17, 15) is 18.0 Å². The summed E-state index contributed by atoms with van der Waals surface area (Å²) in [4.78, 5) is 30.3. The van der Waals surface area contributed by atoms with Crippen LogP contribution in [0.3, 0.4) is 0 Å². The van der Waals surface area contributed by atoms with Crippen LogP contribution in [0.2, 0.25) is 5.02 Å². The van der Waals surface area contributed by atoms with E-state index in [-0.39, 0.29) is 29.8 Å². The number of nitrogens with zero attached hydrogens (tertiary/aromatic N) is 2. The van der Waals surface area contributed by atoms with E-state index in [1.54, 1.807) is 66.7 Å². The van der Waals surface area contributed by atoms with Crippen LogP contribution in [0.15, 0.2) is 114 Å². The number of carbonyl (C=O) groups excluding carboxylic acids is 2. The zero-order chi connectivity index (χ0) is 32.5. The molecule has 1 unspecified atom stereocenters. The Morgan fingerprint density at radius 1 is 0.826 bits per heavy atom. The molecule has 4 aromatic carbocycles. The third-order valence-corrected chi connectivity index (χ3v) is 10.6. The Balaban J connectivity index is 1.55. The number of para-hydroxylation sites is 1. The van der Waals surface area contributed by atoms with Crippen LogP contribution >= 0.6 is 11.6 Å². The molecule has 0 radical (unpaired) electrons. The highest BCUT2D eigenvalue weighted by Gasteiger charge is 2.35. The number of halogens is 1. The van der Waals surface area contributed by atoms with Crippen molar-refractivity contribution in [2.45, 2.75) is 69.0 Å². The summed E-state index contributed by atoms with van der Waals surface area (Å²) in [6, 6.07) is 31.0. The molecule has 2 amide bonds. The number of aryl methyl sites for hydroxylation is 1. The highest BCUT2D eigenvalue weighted by atomic mass is 35.5. The fraction of sp³-hybridized carbons (Fsp3) is 0.297. The van der Waals surface area contributed by atoms with E-state index < -0.39 is 28.5 Å². The van der Waals surface area contributed by atoms with Gasteiger partial charge in [0.2, 0.25) is 11.8 Å². The minimum Gasteiger partial charge on any atom is -0.352 e. The fourth-order valence-electron chi connectivity index (χ4n) is 5.87. The molecule has 1 N–H and O–H groups in total. The van der Waals surface area contributed by atoms with Gasteiger partial charge in [-0.2, -0.15) is 0 Å². The molecule has 0 spiro atoms. The molecule has 1 fully saturated rings. The van der Waals surface area contributed by atoms with Gasteiger partial charge in [0.15, 0.2) is 0 Å². The Morgan fingerprint density at radius 2 is 1.43 bits per heavy atom. The molecule has 5 rings (SSSR count). The van der Waals surface area contributed by atoms with Crippen molar-refractivity contribution in [3.63, 3.8) is 0 Å². The second-order valence-corrected chi connectivity index (χ2v) is 14.1. The van der Waals surface area contributed by atoms with E-state index in [1.165, 1.54) is 4.90 Å². The van der Waals surface area contributed by atoms with Gasteiger partial charge in [0.25, 0.3) is 10.0 Å². The SMILES string of the molecule is Cc1ccc(S(=O)(=O)N(CC(=O)N(Cc2ccccc2Cl)C(Cc2ccccc2)C(=O)NC2CCCCC2)c2ccccc2)cc1. The third kappa shape index (κ3) is 8.36. The van der Waals surface area contributed by atoms with E-state index in [4.69, 9.17) is 11.6 Å². The average molecular weight is 658 g/mol. The van der Waals surface area contributed by atoms with Crippen molar-refractivity contribution in [1.82, 2.24) is 10.2 Å². The van der Waals surface area contributed by atoms with Gasteiger partial charge in [-0.3, -0.25) is 13.9 Å². The molecule has 1 aliphatic rings. The van der Waals surface area contributed by atoms with Crippen LogP contribution in [-0.2, 0) is 32.6 Å². The molecule has 0 saturated heterocycles. The zero-order valence-electron chi connectivity index (χ0n) is 26.0. The number of amides is 2. The minimum atomic E-state index is -4.15. The molecule has 9 heteroatoms. The van der Waals surface area contributed by atoms with Crippen molar-refractivity contribution < 1.29 is 18.0 Å². The topological polar surface area (TPSA) is 86.8 Å². The molecule has 4 aromatic rings. The summed E-state index contributed by atoms with van der Waals surface area (Å²) >= 11 is 6.60. The summed E-state index contributed by atoms with van der Waals surface area (Å²) in [5, 5.41) is 3.68. The molecule has 0 aliphatic heterocycles. The van der Waals surface area contributed by atoms with Crippen molar-refractivity contribution >= 4 is 39.1 Å². The molecule has 46 heavy (non-hydrogen) atoms. The Hall–Kier alpha value is -4.14. The summed E-state index contributed by atoms with van der Waals surface area (Å²) < 4.78 is 29.4. The lowest BCUT2D eigenvalue weighted by molar-refractivity contribution is -0.140. The lowest BCUT2D eigenvalue weighted by atomic mass is 9.94. The largest absolute Gasteiger partial charge is 0.352 e. The number of benzene rings is 4. The second-order valence-electron chi connectivity index (χ2n) is 11.8. The Morgan fingerprint density at radius 3 is 2.09 bits per heavy atom. The number of hydrogen-bond acceptors (Lipinski definition) is 4. The molecule has 1 aliphatic carbocycles. The monoisotopic (exact) mass is 657 g/mol. The van der Waals surface area contributed by atoms with Gasteiger partial charge in [0.05, 0.1) is 10.6 Å². The maximum Gasteiger partial charge on any atom is 0.264 e. The van der Waals surface area contributed by atoms with Gasteiger partial charge < -0.3 is 10.2 Å². The number of carbonyl (C=O) groups is 2. The van der Waals surface area contributed by atoms with Crippen molar-refractivity contribution in [3.8, 4) is 0 Å². The molecular weight excluding hydrogens is 618 g/mol. The average Bonchev–Trinajstić information content (AvgIpc) is 3.07. The van der Waals surface area contributed by atoms with Crippen LogP contribution in [0.4, 0.5) is 5.69 Å². The molecule has 240 valence electrons. The van der Waals surface area contributed by atoms with E-state index in [0.29, 0.717) is 16.3 Å². The zero-order valence-corrected chi connectivity index (χ0v) is 27.6. The Kier molecular flexibility index (Phi) is 11.1. The van der Waals surface area contributed by atoms with Gasteiger partial charge in [-0.25, -0.2) is 8.42 Å². The maximum atomic E-state index is 14.6. The maximum absolute atomic E-state index is 14.6. The molecular formula is C37H40ClN3O4S. The van der Waals surface area contributed by atoms with Gasteiger partial charge in [-0.15, -0.1) is 0 Å². The van der Waals surface area contributed by atoms with Crippen molar-refractivity contribution in [2.75, 3.05) is 10.8 Å². The highest BCUT2D eigenvalue weighted by molar-refractivity contribution is 7.92. The van der Waals surface area contributed by atoms with Gasteiger partial charge in [-0.1, -0.05) is 115 Å². The van der Waals surface area contributed by atoms with E-state index in [1.807, 2.05) is 49.4 Å². The number of hydrogen-bond donors (Lipinski definition) is 1. The summed E-state index contributed by atoms with van der Waals surface area (Å²) in [5.41, 5.74) is 2.81. The molecule has 7 nitrogen and oxygen atoms in total. The fourth-order valence-corrected chi connectivity index (χ4v) is 7.48. The predicted molar refractivity (Wildman–Crippen MR) is 183 cm³/mol. The summed E-state index contributed by atoms with van der Waals surface area (Å²) in [7, 11) is -4.15. The first-order chi connectivity index (χ1) is 22.2. The van der Waals surface area contributed by atoms with Crippen LogP contribution in [0.25, 0.3) is 0 Å². The lowest BCUT2D eigenvalue weighted by Crippen LogP contribution is -2.55. The van der Waals surface area contributed by atoms with Crippen molar-refractivity contribution in [2.24, 2.45) is 0 Å². The molecule has 1 atom stereocenters. The van der Waals surface area contributed by atoms with Gasteiger partial charge in [-0.05, 0) is 61.2 Å². The first kappa shape index (κ1) is 33.2. The van der Waals surface area contributed by atoms with Crippen LogP contribution in [0, 0.1) is 6.92 Å². The minimum absolute atomic E-state index is 0.0273. The van der Waals surface area contributed by atoms with Gasteiger partial charge in [0, 0.05) is 24.0 Å².